The molecule has 0 saturated carbocycles. The monoisotopic (exact) mass is 566 g/mol. The molecule has 0 aliphatic rings. The van der Waals surface area contributed by atoms with Crippen molar-refractivity contribution in [2.75, 3.05) is 7.11 Å². The minimum atomic E-state index is -0.943. The molecule has 0 fully saturated rings. The van der Waals surface area contributed by atoms with Gasteiger partial charge in [-0.05, 0) is 78.9 Å². The van der Waals surface area contributed by atoms with Gasteiger partial charge in [-0.2, -0.15) is 0 Å². The van der Waals surface area contributed by atoms with Gasteiger partial charge in [0.25, 0.3) is 5.91 Å². The van der Waals surface area contributed by atoms with E-state index in [1.807, 2.05) is 73.7 Å². The average molecular weight is 567 g/mol. The number of carbonyl (C=O) groups excluding carboxylic acids is 1. The normalized spacial score (nSPS) is 11.8. The summed E-state index contributed by atoms with van der Waals surface area (Å²) in [5, 5.41) is 14.1. The Morgan fingerprint density at radius 1 is 0.976 bits per heavy atom. The molecule has 1 heterocycles. The number of aromatic nitrogens is 1. The lowest BCUT2D eigenvalue weighted by molar-refractivity contribution is 0.0697. The number of nitrogens with zero attached hydrogens (tertiary/aromatic N) is 1. The van der Waals surface area contributed by atoms with E-state index in [9.17, 15) is 14.7 Å². The van der Waals surface area contributed by atoms with Crippen LogP contribution in [0, 0.1) is 13.8 Å². The SMILES string of the molecule is COc1cccc(C(C)NC(=O)c2ccc3c(c2)c(C)c(C)n3Cc2ccc(-c3ccccc3C(=O)O)cc2)c1Cl. The van der Waals surface area contributed by atoms with Gasteiger partial charge >= 0.3 is 5.97 Å². The number of carbonyl (C=O) groups is 2. The molecular weight excluding hydrogens is 536 g/mol. The number of aryl methyl sites for hydroxylation is 1. The summed E-state index contributed by atoms with van der Waals surface area (Å²) in [6, 6.07) is 26.0. The summed E-state index contributed by atoms with van der Waals surface area (Å²) in [4.78, 5) is 24.9. The number of ether oxygens (including phenoxy) is 1. The smallest absolute Gasteiger partial charge is 0.336 e. The highest BCUT2D eigenvalue weighted by atomic mass is 35.5. The van der Waals surface area contributed by atoms with Crippen LogP contribution < -0.4 is 10.1 Å². The highest BCUT2D eigenvalue weighted by Crippen LogP contribution is 2.32. The molecule has 6 nitrogen and oxygen atoms in total. The van der Waals surface area contributed by atoms with Crippen LogP contribution in [0.2, 0.25) is 5.02 Å². The Hall–Kier alpha value is -4.55. The minimum absolute atomic E-state index is 0.180. The highest BCUT2D eigenvalue weighted by molar-refractivity contribution is 6.32. The van der Waals surface area contributed by atoms with E-state index in [1.54, 1.807) is 25.3 Å². The predicted molar refractivity (Wildman–Crippen MR) is 163 cm³/mol. The quantitative estimate of drug-likeness (QED) is 0.201. The number of benzene rings is 4. The molecule has 1 unspecified atom stereocenters. The molecule has 0 aliphatic heterocycles. The first-order chi connectivity index (χ1) is 19.7. The van der Waals surface area contributed by atoms with Crippen molar-refractivity contribution in [2.45, 2.75) is 33.4 Å². The van der Waals surface area contributed by atoms with Crippen LogP contribution in [0.1, 0.15) is 56.1 Å². The average Bonchev–Trinajstić information content (AvgIpc) is 3.21. The largest absolute Gasteiger partial charge is 0.495 e. The van der Waals surface area contributed by atoms with Crippen LogP contribution >= 0.6 is 11.6 Å². The van der Waals surface area contributed by atoms with Crippen molar-refractivity contribution in [1.29, 1.82) is 0 Å². The molecule has 2 N–H and O–H groups in total. The van der Waals surface area contributed by atoms with Crippen molar-refractivity contribution in [2.24, 2.45) is 0 Å². The van der Waals surface area contributed by atoms with E-state index in [2.05, 4.69) is 23.7 Å². The maximum atomic E-state index is 13.2. The first kappa shape index (κ1) is 28.0. The van der Waals surface area contributed by atoms with Crippen LogP contribution in [-0.4, -0.2) is 28.7 Å². The summed E-state index contributed by atoms with van der Waals surface area (Å²) in [7, 11) is 1.57. The first-order valence-corrected chi connectivity index (χ1v) is 13.7. The number of methoxy groups -OCH3 is 1. The molecule has 1 amide bonds. The molecule has 0 bridgehead atoms. The molecule has 0 spiro atoms. The number of hydrogen-bond acceptors (Lipinski definition) is 3. The standard InChI is InChI=1S/C34H31ClN2O4/c1-20-22(3)37(19-23-12-14-24(15-13-23)27-8-5-6-9-28(27)34(39)40)30-17-16-25(18-29(20)30)33(38)36-21(2)26-10-7-11-31(41-4)32(26)35/h5-18,21H,19H2,1-4H3,(H,36,38)(H,39,40). The van der Waals surface area contributed by atoms with Gasteiger partial charge in [-0.1, -0.05) is 66.2 Å². The summed E-state index contributed by atoms with van der Waals surface area (Å²) in [6.07, 6.45) is 0. The van der Waals surface area contributed by atoms with Crippen LogP contribution in [0.3, 0.4) is 0 Å². The molecule has 1 atom stereocenters. The number of fused-ring (bicyclic) bond motifs is 1. The van der Waals surface area contributed by atoms with Gasteiger partial charge in [0.15, 0.2) is 0 Å². The molecule has 208 valence electrons. The van der Waals surface area contributed by atoms with Gasteiger partial charge in [-0.3, -0.25) is 4.79 Å². The summed E-state index contributed by atoms with van der Waals surface area (Å²) in [5.41, 5.74) is 7.56. The Morgan fingerprint density at radius 2 is 1.71 bits per heavy atom. The summed E-state index contributed by atoms with van der Waals surface area (Å²) in [6.45, 7) is 6.70. The maximum Gasteiger partial charge on any atom is 0.336 e. The van der Waals surface area contributed by atoms with Crippen LogP contribution in [0.4, 0.5) is 0 Å². The van der Waals surface area contributed by atoms with Gasteiger partial charge in [0.1, 0.15) is 5.75 Å². The number of halogens is 1. The van der Waals surface area contributed by atoms with Gasteiger partial charge in [0.2, 0.25) is 0 Å². The van der Waals surface area contributed by atoms with E-state index >= 15 is 0 Å². The van der Waals surface area contributed by atoms with E-state index in [-0.39, 0.29) is 17.5 Å². The van der Waals surface area contributed by atoms with Gasteiger partial charge in [0.05, 0.1) is 23.7 Å². The van der Waals surface area contributed by atoms with E-state index < -0.39 is 5.97 Å². The van der Waals surface area contributed by atoms with E-state index in [0.29, 0.717) is 28.4 Å². The van der Waals surface area contributed by atoms with Gasteiger partial charge in [0, 0.05) is 28.7 Å². The lowest BCUT2D eigenvalue weighted by Gasteiger charge is -2.17. The third-order valence-electron chi connectivity index (χ3n) is 7.69. The third-order valence-corrected chi connectivity index (χ3v) is 8.10. The predicted octanol–water partition coefficient (Wildman–Crippen LogP) is 7.82. The zero-order valence-corrected chi connectivity index (χ0v) is 24.1. The van der Waals surface area contributed by atoms with Crippen molar-refractivity contribution >= 4 is 34.4 Å². The second-order valence-corrected chi connectivity index (χ2v) is 10.5. The van der Waals surface area contributed by atoms with Crippen molar-refractivity contribution in [3.8, 4) is 16.9 Å². The Labute approximate surface area is 244 Å². The van der Waals surface area contributed by atoms with Crippen LogP contribution in [0.15, 0.2) is 84.9 Å². The van der Waals surface area contributed by atoms with Gasteiger partial charge in [-0.25, -0.2) is 4.79 Å². The molecule has 5 aromatic rings. The van der Waals surface area contributed by atoms with E-state index in [4.69, 9.17) is 16.3 Å². The lowest BCUT2D eigenvalue weighted by atomic mass is 9.99. The number of amides is 1. The fourth-order valence-electron chi connectivity index (χ4n) is 5.27. The Morgan fingerprint density at radius 3 is 2.41 bits per heavy atom. The van der Waals surface area contributed by atoms with Crippen molar-refractivity contribution < 1.29 is 19.4 Å². The molecule has 0 radical (unpaired) electrons. The maximum absolute atomic E-state index is 13.2. The molecule has 0 saturated heterocycles. The van der Waals surface area contributed by atoms with Gasteiger partial charge in [-0.15, -0.1) is 0 Å². The fourth-order valence-corrected chi connectivity index (χ4v) is 5.63. The number of hydrogen-bond donors (Lipinski definition) is 2. The van der Waals surface area contributed by atoms with Crippen LogP contribution in [0.5, 0.6) is 5.75 Å². The highest BCUT2D eigenvalue weighted by Gasteiger charge is 2.19. The number of carboxylic acids is 1. The minimum Gasteiger partial charge on any atom is -0.495 e. The summed E-state index contributed by atoms with van der Waals surface area (Å²) in [5.74, 6) is -0.555. The second kappa shape index (κ2) is 11.5. The second-order valence-electron chi connectivity index (χ2n) is 10.1. The molecule has 5 rings (SSSR count). The Balaban J connectivity index is 1.38. The lowest BCUT2D eigenvalue weighted by Crippen LogP contribution is -2.26. The zero-order chi connectivity index (χ0) is 29.3. The first-order valence-electron chi connectivity index (χ1n) is 13.3. The molecule has 41 heavy (non-hydrogen) atoms. The van der Waals surface area contributed by atoms with Crippen molar-refractivity contribution in [3.05, 3.63) is 123 Å². The van der Waals surface area contributed by atoms with Crippen molar-refractivity contribution in [3.63, 3.8) is 0 Å². The number of carboxylic acid groups (broad SMARTS) is 1. The van der Waals surface area contributed by atoms with E-state index in [0.717, 1.165) is 38.9 Å². The zero-order valence-electron chi connectivity index (χ0n) is 23.4. The molecule has 1 aromatic heterocycles. The Kier molecular flexibility index (Phi) is 7.86. The summed E-state index contributed by atoms with van der Waals surface area (Å²) < 4.78 is 7.56. The van der Waals surface area contributed by atoms with Crippen LogP contribution in [-0.2, 0) is 6.54 Å². The fraction of sp³-hybridized carbons (Fsp3) is 0.176. The van der Waals surface area contributed by atoms with E-state index in [1.165, 1.54) is 0 Å². The molecular formula is C34H31ClN2O4. The van der Waals surface area contributed by atoms with Crippen molar-refractivity contribution in [1.82, 2.24) is 9.88 Å². The number of rotatable bonds is 8. The van der Waals surface area contributed by atoms with Crippen LogP contribution in [0.25, 0.3) is 22.0 Å². The molecule has 4 aromatic carbocycles. The Bertz CT molecular complexity index is 1770. The van der Waals surface area contributed by atoms with Gasteiger partial charge < -0.3 is 19.7 Å². The molecule has 0 aliphatic carbocycles. The third kappa shape index (κ3) is 5.43. The molecule has 7 heteroatoms. The summed E-state index contributed by atoms with van der Waals surface area (Å²) >= 11 is 6.48. The number of aromatic carboxylic acids is 1. The topological polar surface area (TPSA) is 80.6 Å². The number of nitrogens with one attached hydrogen (secondary N) is 1.